The zero-order valence-electron chi connectivity index (χ0n) is 47.5. The van der Waals surface area contributed by atoms with Crippen LogP contribution in [0.25, 0.3) is 0 Å². The molecule has 0 amide bonds. The van der Waals surface area contributed by atoms with Crippen molar-refractivity contribution < 1.29 is 53.1 Å². The number of carbonyl (C=O) groups is 3. The van der Waals surface area contributed by atoms with Crippen LogP contribution in [0.3, 0.4) is 0 Å². The van der Waals surface area contributed by atoms with Crippen molar-refractivity contribution in [2.75, 3.05) is 26.4 Å². The van der Waals surface area contributed by atoms with E-state index in [9.17, 15) is 15.3 Å². The van der Waals surface area contributed by atoms with E-state index in [0.717, 1.165) is 115 Å². The van der Waals surface area contributed by atoms with E-state index >= 15 is 14.4 Å². The summed E-state index contributed by atoms with van der Waals surface area (Å²) < 4.78 is 36.6. The van der Waals surface area contributed by atoms with Crippen molar-refractivity contribution >= 4 is 17.7 Å². The highest BCUT2D eigenvalue weighted by Crippen LogP contribution is 2.93. The van der Waals surface area contributed by atoms with Crippen LogP contribution in [0.1, 0.15) is 146 Å². The number of hydrogen-bond acceptors (Lipinski definition) is 13. The number of furan rings is 1. The maximum Gasteiger partial charge on any atom is 0.339 e. The van der Waals surface area contributed by atoms with Gasteiger partial charge in [-0.05, 0) is 203 Å². The van der Waals surface area contributed by atoms with Crippen LogP contribution in [0.15, 0.2) is 71.0 Å². The van der Waals surface area contributed by atoms with Gasteiger partial charge in [0, 0.05) is 35.4 Å². The van der Waals surface area contributed by atoms with E-state index < -0.39 is 80.7 Å². The molecule has 2 aromatic rings. The molecule has 26 atom stereocenters. The summed E-state index contributed by atoms with van der Waals surface area (Å²) in [5.41, 5.74) is -4.00. The van der Waals surface area contributed by atoms with Gasteiger partial charge >= 0.3 is 11.9 Å². The third-order valence-electron chi connectivity index (χ3n) is 28.9. The Labute approximate surface area is 476 Å². The van der Waals surface area contributed by atoms with Gasteiger partial charge in [0.2, 0.25) is 0 Å². The van der Waals surface area contributed by atoms with Crippen LogP contribution in [-0.2, 0) is 46.2 Å². The van der Waals surface area contributed by atoms with E-state index in [1.54, 1.807) is 6.26 Å². The van der Waals surface area contributed by atoms with Crippen molar-refractivity contribution in [3.63, 3.8) is 0 Å². The molecule has 432 valence electrons. The maximum atomic E-state index is 17.0. The Bertz CT molecular complexity index is 3090. The van der Waals surface area contributed by atoms with Gasteiger partial charge in [0.05, 0.1) is 48.5 Å². The van der Waals surface area contributed by atoms with E-state index in [1.807, 2.05) is 6.07 Å². The van der Waals surface area contributed by atoms with E-state index in [2.05, 4.69) is 72.7 Å². The first-order chi connectivity index (χ1) is 39.3. The molecular weight excluding hydrogens is 1020 g/mol. The standard InChI is InChI=1S/C68H84N2O11/c1-61-31-47-48-16-14-40-12-7-21-63(40)23-18-42-29-43-17-22-62(2)54-52(73)56(74)66(41-11-6-10-37(27-41)26-36-8-4-3-5-9-36,53(47)64(54)34-78-59(75)55(65(42,48)63)67(43,64)81-62)68(61)58(80-68)60(76)79-57(61)45-20-25-77-51(45)30-46(50(72)33-71)38-13-15-44-39(28-38)19-24-70-35-69-32-49(44)70/h3-5,8-9,17,19-20,24-25,37-42,44,46-50,53-58,69,71-72,74H,6-7,10-16,18,21-23,26-35H2,1-2H3/t37-,38-,39+,40+,41-,42-,44-,46-,47-,48-,49+,50+,53+,54+,55-,56+,57-,58+,61-,62-,63+,64+,65-,66-,67-,68+/m0/s1. The highest BCUT2D eigenvalue weighted by Gasteiger charge is 3.00. The summed E-state index contributed by atoms with van der Waals surface area (Å²) in [6, 6.07) is 13.2. The van der Waals surface area contributed by atoms with Crippen molar-refractivity contribution in [1.29, 1.82) is 0 Å². The molecule has 5 bridgehead atoms. The van der Waals surface area contributed by atoms with Gasteiger partial charge in [-0.25, -0.2) is 4.79 Å². The van der Waals surface area contributed by atoms with E-state index in [4.69, 9.17) is 23.4 Å². The summed E-state index contributed by atoms with van der Waals surface area (Å²) in [5.74, 6) is -0.410. The fourth-order valence-corrected chi connectivity index (χ4v) is 27.1. The van der Waals surface area contributed by atoms with E-state index in [0.29, 0.717) is 48.8 Å². The van der Waals surface area contributed by atoms with Crippen LogP contribution in [0, 0.1) is 104 Å². The number of Topliss-reactive ketones (excluding diaryl/α,β-unsaturated/α-hetero) is 1. The van der Waals surface area contributed by atoms with E-state index in [-0.39, 0.29) is 77.7 Å². The summed E-state index contributed by atoms with van der Waals surface area (Å²) in [7, 11) is 0. The highest BCUT2D eigenvalue weighted by molar-refractivity contribution is 5.94. The Morgan fingerprint density at radius 2 is 1.73 bits per heavy atom. The van der Waals surface area contributed by atoms with Crippen LogP contribution < -0.4 is 5.32 Å². The van der Waals surface area contributed by atoms with Crippen molar-refractivity contribution in [2.45, 2.75) is 183 Å². The number of fused-ring (bicyclic) bond motifs is 6. The highest BCUT2D eigenvalue weighted by atomic mass is 16.7. The molecule has 7 aliphatic heterocycles. The molecule has 9 saturated carbocycles. The van der Waals surface area contributed by atoms with Gasteiger partial charge in [0.1, 0.15) is 35.8 Å². The zero-order valence-corrected chi connectivity index (χ0v) is 47.5. The molecule has 4 N–H and O–H groups in total. The number of carbonyl (C=O) groups excluding carboxylic acids is 3. The molecule has 81 heavy (non-hydrogen) atoms. The Morgan fingerprint density at radius 1 is 0.864 bits per heavy atom. The Hall–Kier alpha value is -3.85. The topological polar surface area (TPSA) is 181 Å². The number of cyclic esters (lactones) is 2. The molecule has 8 heterocycles. The van der Waals surface area contributed by atoms with Gasteiger partial charge in [0.15, 0.2) is 11.9 Å². The number of benzene rings is 1. The zero-order chi connectivity index (χ0) is 54.6. The number of ketones is 1. The van der Waals surface area contributed by atoms with E-state index in [1.165, 1.54) is 17.6 Å². The number of rotatable bonds is 9. The average molecular weight is 1110 g/mol. The first-order valence-corrected chi connectivity index (χ1v) is 32.5. The van der Waals surface area contributed by atoms with Crippen LogP contribution in [0.5, 0.6) is 0 Å². The molecule has 13 nitrogen and oxygen atoms in total. The summed E-state index contributed by atoms with van der Waals surface area (Å²) in [5, 5.41) is 41.0. The van der Waals surface area contributed by atoms with Crippen molar-refractivity contribution in [3.05, 3.63) is 83.5 Å². The lowest BCUT2D eigenvalue weighted by atomic mass is 9.29. The molecule has 0 unspecified atom stereocenters. The molecule has 14 fully saturated rings. The van der Waals surface area contributed by atoms with Crippen LogP contribution in [0.2, 0.25) is 0 Å². The van der Waals surface area contributed by atoms with Crippen LogP contribution >= 0.6 is 0 Å². The number of nitrogens with one attached hydrogen (secondary N) is 1. The summed E-state index contributed by atoms with van der Waals surface area (Å²) in [6.07, 6.45) is 21.7. The Balaban J connectivity index is 0.847. The number of allylic oxidation sites excluding steroid dienone is 1. The largest absolute Gasteiger partial charge is 0.469 e. The predicted octanol–water partition coefficient (Wildman–Crippen LogP) is 8.58. The lowest BCUT2D eigenvalue weighted by molar-refractivity contribution is -0.302. The first kappa shape index (κ1) is 50.5. The molecular formula is C68H84N2O11. The van der Waals surface area contributed by atoms with Crippen LogP contribution in [0.4, 0.5) is 0 Å². The Kier molecular flexibility index (Phi) is 10.3. The van der Waals surface area contributed by atoms with Gasteiger partial charge in [0.25, 0.3) is 0 Å². The van der Waals surface area contributed by atoms with Crippen molar-refractivity contribution in [1.82, 2.24) is 10.2 Å². The van der Waals surface area contributed by atoms with Gasteiger partial charge in [-0.1, -0.05) is 68.7 Å². The van der Waals surface area contributed by atoms with Crippen molar-refractivity contribution in [2.24, 2.45) is 104 Å². The first-order valence-electron chi connectivity index (χ1n) is 32.5. The minimum Gasteiger partial charge on any atom is -0.469 e. The number of nitrogens with zero attached hydrogens (tertiary/aromatic N) is 1. The molecule has 0 radical (unpaired) electrons. The summed E-state index contributed by atoms with van der Waals surface area (Å²) >= 11 is 0. The molecule has 18 rings (SSSR count). The molecule has 9 aliphatic carbocycles. The normalized spacial score (nSPS) is 53.8. The molecule has 5 saturated heterocycles. The number of aliphatic hydroxyl groups is 3. The minimum absolute atomic E-state index is 0.0610. The maximum absolute atomic E-state index is 17.0. The Morgan fingerprint density at radius 3 is 2.59 bits per heavy atom. The molecule has 5 spiro atoms. The second-order valence-electron chi connectivity index (χ2n) is 30.7. The number of esters is 2. The number of epoxide rings is 1. The summed E-state index contributed by atoms with van der Waals surface area (Å²) in [4.78, 5) is 51.1. The smallest absolute Gasteiger partial charge is 0.339 e. The lowest BCUT2D eigenvalue weighted by Crippen LogP contribution is -2.82. The fourth-order valence-electron chi connectivity index (χ4n) is 27.1. The second kappa shape index (κ2) is 16.6. The monoisotopic (exact) mass is 1100 g/mol. The fraction of sp³-hybridized carbons (Fsp3) is 0.750. The quantitative estimate of drug-likeness (QED) is 0.107. The SMILES string of the molecule is C[C@@]12C[C@@H]3[C@@H]4[C@@]56COC(=O)[C@H]7[C@@]89[C@@H](CC[C@@]8%10CCC[C@@H]%10CC[C@@H]39)CC3=CC[C@](C)(O[C@@]375)[C@H]6C(=O)[C@@H](O)[C@@]4([C@H]3CCC[C@@H](Cc4ccccc4)C3)[C@]13O[C@@H]3C(=O)O[C@H]2c1ccoc1C[C@@H]([C@H]1CC[C@H]2[C@H](C=CN3CNC[C@H]23)C1)[C@H](O)CO. The van der Waals surface area contributed by atoms with Gasteiger partial charge < -0.3 is 43.6 Å². The average Bonchev–Trinajstić information content (AvgIpc) is 1.45. The third-order valence-corrected chi connectivity index (χ3v) is 28.9. The molecule has 13 heteroatoms. The summed E-state index contributed by atoms with van der Waals surface area (Å²) in [6.45, 7) is 5.98. The number of hydrogen-bond donors (Lipinski definition) is 4. The second-order valence-corrected chi connectivity index (χ2v) is 30.7. The van der Waals surface area contributed by atoms with Crippen molar-refractivity contribution in [3.8, 4) is 0 Å². The minimum atomic E-state index is -1.48. The number of aliphatic hydroxyl groups excluding tert-OH is 3. The predicted molar refractivity (Wildman–Crippen MR) is 294 cm³/mol. The molecule has 16 aliphatic rings. The van der Waals surface area contributed by atoms with Crippen LogP contribution in [-0.4, -0.2) is 106 Å². The molecule has 1 aromatic heterocycles. The van der Waals surface area contributed by atoms with Gasteiger partial charge in [-0.3, -0.25) is 14.9 Å². The van der Waals surface area contributed by atoms with Gasteiger partial charge in [-0.15, -0.1) is 0 Å². The number of ether oxygens (including phenoxy) is 4. The molecule has 1 aromatic carbocycles. The van der Waals surface area contributed by atoms with Gasteiger partial charge in [-0.2, -0.15) is 0 Å². The lowest BCUT2D eigenvalue weighted by Gasteiger charge is -2.73. The third kappa shape index (κ3) is 5.57.